The molecule has 0 unspecified atom stereocenters. The van der Waals surface area contributed by atoms with E-state index < -0.39 is 10.0 Å². The molecule has 0 spiro atoms. The first-order valence-corrected chi connectivity index (χ1v) is 11.6. The van der Waals surface area contributed by atoms with Gasteiger partial charge >= 0.3 is 0 Å². The Kier molecular flexibility index (Phi) is 5.04. The molecule has 3 aliphatic heterocycles. The fraction of sp³-hybridized carbons (Fsp3) is 0.429. The number of fused-ring (bicyclic) bond motifs is 1. The average Bonchev–Trinajstić information content (AvgIpc) is 2.73. The first-order chi connectivity index (χ1) is 14.5. The maximum atomic E-state index is 13.1. The molecule has 0 aromatic heterocycles. The topological polar surface area (TPSA) is 62.3 Å². The van der Waals surface area contributed by atoms with Gasteiger partial charge in [-0.15, -0.1) is 0 Å². The van der Waals surface area contributed by atoms with Gasteiger partial charge in [-0.3, -0.25) is 4.90 Å². The second-order valence-electron chi connectivity index (χ2n) is 7.78. The smallest absolute Gasteiger partial charge is 0.243 e. The second-order valence-corrected chi connectivity index (χ2v) is 9.72. The van der Waals surface area contributed by atoms with Gasteiger partial charge in [-0.05, 0) is 36.4 Å². The molecule has 2 aromatic rings. The molecule has 3 aliphatic rings. The monoisotopic (exact) mass is 433 g/mol. The van der Waals surface area contributed by atoms with Crippen LogP contribution in [0.25, 0.3) is 0 Å². The van der Waals surface area contributed by atoms with Gasteiger partial charge in [0.15, 0.2) is 11.5 Å². The highest BCUT2D eigenvalue weighted by Crippen LogP contribution is 2.34. The van der Waals surface area contributed by atoms with Crippen LogP contribution in [-0.4, -0.2) is 76.1 Å². The largest absolute Gasteiger partial charge is 0.486 e. The van der Waals surface area contributed by atoms with Crippen LogP contribution in [0.5, 0.6) is 11.5 Å². The second kappa shape index (κ2) is 7.72. The van der Waals surface area contributed by atoms with Crippen molar-refractivity contribution in [1.82, 2.24) is 9.21 Å². The quantitative estimate of drug-likeness (QED) is 0.733. The van der Waals surface area contributed by atoms with Crippen molar-refractivity contribution in [2.45, 2.75) is 10.9 Å². The van der Waals surface area contributed by atoms with E-state index in [1.165, 1.54) is 16.4 Å². The Morgan fingerprint density at radius 3 is 2.23 bits per heavy atom. The molecule has 0 atom stereocenters. The molecule has 0 amide bonds. The lowest BCUT2D eigenvalue weighted by molar-refractivity contribution is 0.0828. The fourth-order valence-corrected chi connectivity index (χ4v) is 5.70. The summed E-state index contributed by atoms with van der Waals surface area (Å²) in [4.78, 5) is 4.82. The molecule has 3 heterocycles. The molecular formula is C21H24FN3O4S. The van der Waals surface area contributed by atoms with E-state index >= 15 is 0 Å². The van der Waals surface area contributed by atoms with Crippen molar-refractivity contribution in [1.29, 1.82) is 0 Å². The Morgan fingerprint density at radius 1 is 0.867 bits per heavy atom. The molecule has 2 saturated heterocycles. The zero-order valence-electron chi connectivity index (χ0n) is 16.5. The number of rotatable bonds is 4. The number of ether oxygens (including phenoxy) is 2. The molecule has 30 heavy (non-hydrogen) atoms. The van der Waals surface area contributed by atoms with E-state index in [0.717, 1.165) is 31.9 Å². The van der Waals surface area contributed by atoms with Gasteiger partial charge in [0, 0.05) is 57.1 Å². The van der Waals surface area contributed by atoms with Crippen molar-refractivity contribution >= 4 is 15.7 Å². The number of piperazine rings is 1. The SMILES string of the molecule is O=S(=O)(c1ccc2c(c1)OCCO2)N1CC(N2CCN(c3ccc(F)cc3)CC2)C1. The number of nitrogens with zero attached hydrogens (tertiary/aromatic N) is 3. The minimum absolute atomic E-state index is 0.229. The van der Waals surface area contributed by atoms with E-state index in [1.807, 2.05) is 0 Å². The Hall–Kier alpha value is -2.36. The van der Waals surface area contributed by atoms with E-state index in [4.69, 9.17) is 9.47 Å². The first kappa shape index (κ1) is 19.6. The van der Waals surface area contributed by atoms with Gasteiger partial charge < -0.3 is 14.4 Å². The minimum Gasteiger partial charge on any atom is -0.486 e. The van der Waals surface area contributed by atoms with Gasteiger partial charge in [0.1, 0.15) is 19.0 Å². The molecule has 0 N–H and O–H groups in total. The van der Waals surface area contributed by atoms with E-state index in [-0.39, 0.29) is 16.8 Å². The van der Waals surface area contributed by atoms with E-state index in [2.05, 4.69) is 9.80 Å². The van der Waals surface area contributed by atoms with Crippen molar-refractivity contribution in [3.63, 3.8) is 0 Å². The van der Waals surface area contributed by atoms with Gasteiger partial charge in [-0.25, -0.2) is 12.8 Å². The van der Waals surface area contributed by atoms with Gasteiger partial charge in [-0.1, -0.05) is 0 Å². The number of sulfonamides is 1. The number of hydrogen-bond donors (Lipinski definition) is 0. The van der Waals surface area contributed by atoms with Crippen molar-refractivity contribution in [3.8, 4) is 11.5 Å². The van der Waals surface area contributed by atoms with Crippen LogP contribution in [0.3, 0.4) is 0 Å². The first-order valence-electron chi connectivity index (χ1n) is 10.1. The third-order valence-corrected chi connectivity index (χ3v) is 7.83. The highest BCUT2D eigenvalue weighted by molar-refractivity contribution is 7.89. The predicted molar refractivity (Wildman–Crippen MR) is 110 cm³/mol. The third-order valence-electron chi connectivity index (χ3n) is 6.00. The van der Waals surface area contributed by atoms with Gasteiger partial charge in [0.25, 0.3) is 0 Å². The minimum atomic E-state index is -3.54. The molecule has 5 rings (SSSR count). The summed E-state index contributed by atoms with van der Waals surface area (Å²) in [6, 6.07) is 11.6. The van der Waals surface area contributed by atoms with E-state index in [1.54, 1.807) is 30.3 Å². The predicted octanol–water partition coefficient (Wildman–Crippen LogP) is 1.79. The summed E-state index contributed by atoms with van der Waals surface area (Å²) in [5.74, 6) is 0.836. The molecular weight excluding hydrogens is 409 g/mol. The van der Waals surface area contributed by atoms with Crippen molar-refractivity contribution < 1.29 is 22.3 Å². The van der Waals surface area contributed by atoms with Crippen molar-refractivity contribution in [3.05, 3.63) is 48.3 Å². The normalized spacial score (nSPS) is 20.8. The van der Waals surface area contributed by atoms with Crippen molar-refractivity contribution in [2.75, 3.05) is 57.4 Å². The molecule has 2 fully saturated rings. The Morgan fingerprint density at radius 2 is 1.53 bits per heavy atom. The van der Waals surface area contributed by atoms with Gasteiger partial charge in [-0.2, -0.15) is 4.31 Å². The standard InChI is InChI=1S/C21H24FN3O4S/c22-16-1-3-17(4-2-16)23-7-9-24(10-8-23)18-14-25(15-18)30(26,27)19-5-6-20-21(13-19)29-12-11-28-20/h1-6,13,18H,7-12,14-15H2. The number of benzene rings is 2. The maximum absolute atomic E-state index is 13.1. The molecule has 2 aromatic carbocycles. The summed E-state index contributed by atoms with van der Waals surface area (Å²) in [5.41, 5.74) is 1.02. The highest BCUT2D eigenvalue weighted by atomic mass is 32.2. The van der Waals surface area contributed by atoms with Crippen LogP contribution in [0.2, 0.25) is 0 Å². The van der Waals surface area contributed by atoms with Crippen LogP contribution in [-0.2, 0) is 10.0 Å². The Labute approximate surface area is 175 Å². The van der Waals surface area contributed by atoms with E-state index in [9.17, 15) is 12.8 Å². The third kappa shape index (κ3) is 3.61. The van der Waals surface area contributed by atoms with E-state index in [0.29, 0.717) is 37.8 Å². The lowest BCUT2D eigenvalue weighted by Crippen LogP contribution is -2.64. The summed E-state index contributed by atoms with van der Waals surface area (Å²) < 4.78 is 51.6. The van der Waals surface area contributed by atoms with Crippen LogP contribution < -0.4 is 14.4 Å². The molecule has 9 heteroatoms. The van der Waals surface area contributed by atoms with Crippen LogP contribution in [0, 0.1) is 5.82 Å². The van der Waals surface area contributed by atoms with Crippen molar-refractivity contribution in [2.24, 2.45) is 0 Å². The fourth-order valence-electron chi connectivity index (χ4n) is 4.17. The lowest BCUT2D eigenvalue weighted by Gasteiger charge is -2.47. The summed E-state index contributed by atoms with van der Waals surface area (Å²) in [6.07, 6.45) is 0. The number of hydrogen-bond acceptors (Lipinski definition) is 6. The highest BCUT2D eigenvalue weighted by Gasteiger charge is 2.40. The summed E-state index contributed by atoms with van der Waals surface area (Å²) in [6.45, 7) is 5.29. The van der Waals surface area contributed by atoms with Gasteiger partial charge in [0.2, 0.25) is 10.0 Å². The maximum Gasteiger partial charge on any atom is 0.243 e. The lowest BCUT2D eigenvalue weighted by atomic mass is 10.1. The van der Waals surface area contributed by atoms with Crippen LogP contribution in [0.4, 0.5) is 10.1 Å². The molecule has 7 nitrogen and oxygen atoms in total. The van der Waals surface area contributed by atoms with Gasteiger partial charge in [0.05, 0.1) is 4.90 Å². The summed E-state index contributed by atoms with van der Waals surface area (Å²) in [7, 11) is -3.54. The average molecular weight is 434 g/mol. The van der Waals surface area contributed by atoms with Crippen LogP contribution >= 0.6 is 0 Å². The Bertz CT molecular complexity index is 1020. The summed E-state index contributed by atoms with van der Waals surface area (Å²) in [5, 5.41) is 0. The summed E-state index contributed by atoms with van der Waals surface area (Å²) >= 11 is 0. The molecule has 0 radical (unpaired) electrons. The molecule has 160 valence electrons. The Balaban J connectivity index is 1.18. The molecule has 0 saturated carbocycles. The van der Waals surface area contributed by atoms with Crippen LogP contribution in [0.15, 0.2) is 47.4 Å². The van der Waals surface area contributed by atoms with Crippen LogP contribution in [0.1, 0.15) is 0 Å². The molecule has 0 aliphatic carbocycles. The molecule has 0 bridgehead atoms. The number of halogens is 1. The zero-order chi connectivity index (χ0) is 20.7. The zero-order valence-corrected chi connectivity index (χ0v) is 17.4. The number of anilines is 1.